The van der Waals surface area contributed by atoms with E-state index in [0.717, 1.165) is 0 Å². The third-order valence-corrected chi connectivity index (χ3v) is 4.19. The molecule has 0 aliphatic carbocycles. The van der Waals surface area contributed by atoms with Crippen molar-refractivity contribution in [3.63, 3.8) is 0 Å². The van der Waals surface area contributed by atoms with E-state index >= 15 is 0 Å². The fourth-order valence-corrected chi connectivity index (χ4v) is 2.75. The molecule has 0 aromatic carbocycles. The van der Waals surface area contributed by atoms with Crippen molar-refractivity contribution in [2.24, 2.45) is 0 Å². The Morgan fingerprint density at radius 2 is 2.00 bits per heavy atom. The van der Waals surface area contributed by atoms with Gasteiger partial charge < -0.3 is 19.9 Å². The molecule has 27 heavy (non-hydrogen) atoms. The van der Waals surface area contributed by atoms with Crippen molar-refractivity contribution in [2.45, 2.75) is 13.8 Å². The fourth-order valence-electron chi connectivity index (χ4n) is 2.75. The minimum absolute atomic E-state index is 0. The lowest BCUT2D eigenvalue weighted by Crippen LogP contribution is -2.49. The molecular formula is C18H26N6O3. The zero-order valence-corrected chi connectivity index (χ0v) is 15.4. The van der Waals surface area contributed by atoms with Crippen LogP contribution in [0.5, 0.6) is 0 Å². The summed E-state index contributed by atoms with van der Waals surface area (Å²) in [5, 5.41) is 2.72. The highest BCUT2D eigenvalue weighted by Crippen LogP contribution is 2.16. The number of hydrogen-bond acceptors (Lipinski definition) is 7. The summed E-state index contributed by atoms with van der Waals surface area (Å²) in [6.07, 6.45) is 2.95. The van der Waals surface area contributed by atoms with E-state index in [1.54, 1.807) is 49.3 Å². The molecule has 3 heterocycles. The third-order valence-electron chi connectivity index (χ3n) is 4.19. The standard InChI is InChI=1S/C18H22N6O3.2H2/c1-3-27-18(26)24-10-8-23(9-11-24)15-12-20-13(2)16(22-15)17(25)21-14-6-4-5-7-19-14;;/h4-7,12H,3,8-11H2,1-2H3,(H,19,21,25);2*1H. The number of hydrogen-bond donors (Lipinski definition) is 1. The summed E-state index contributed by atoms with van der Waals surface area (Å²) in [6, 6.07) is 5.27. The Morgan fingerprint density at radius 3 is 2.67 bits per heavy atom. The number of piperazine rings is 1. The van der Waals surface area contributed by atoms with Crippen LogP contribution < -0.4 is 10.2 Å². The van der Waals surface area contributed by atoms with E-state index in [4.69, 9.17) is 4.74 Å². The largest absolute Gasteiger partial charge is 0.450 e. The molecule has 0 unspecified atom stereocenters. The zero-order valence-electron chi connectivity index (χ0n) is 15.4. The van der Waals surface area contributed by atoms with Crippen molar-refractivity contribution >= 4 is 23.6 Å². The molecule has 1 N–H and O–H groups in total. The average molecular weight is 374 g/mol. The number of aryl methyl sites for hydroxylation is 1. The quantitative estimate of drug-likeness (QED) is 0.875. The molecule has 146 valence electrons. The first-order valence-corrected chi connectivity index (χ1v) is 8.81. The molecule has 1 saturated heterocycles. The molecule has 9 heteroatoms. The van der Waals surface area contributed by atoms with E-state index in [9.17, 15) is 9.59 Å². The van der Waals surface area contributed by atoms with Gasteiger partial charge in [-0.15, -0.1) is 0 Å². The van der Waals surface area contributed by atoms with Crippen LogP contribution in [0.4, 0.5) is 16.4 Å². The molecule has 0 radical (unpaired) electrons. The van der Waals surface area contributed by atoms with Gasteiger partial charge in [0.25, 0.3) is 5.91 Å². The number of carbonyl (C=O) groups is 2. The molecular weight excluding hydrogens is 348 g/mol. The number of nitrogens with zero attached hydrogens (tertiary/aromatic N) is 5. The van der Waals surface area contributed by atoms with Gasteiger partial charge in [0.05, 0.1) is 18.5 Å². The fraction of sp³-hybridized carbons (Fsp3) is 0.389. The van der Waals surface area contributed by atoms with E-state index < -0.39 is 0 Å². The molecule has 9 nitrogen and oxygen atoms in total. The summed E-state index contributed by atoms with van der Waals surface area (Å²) in [5.74, 6) is 0.707. The monoisotopic (exact) mass is 374 g/mol. The van der Waals surface area contributed by atoms with Crippen LogP contribution in [0.2, 0.25) is 0 Å². The second-order valence-electron chi connectivity index (χ2n) is 6.00. The summed E-state index contributed by atoms with van der Waals surface area (Å²) in [7, 11) is 0. The van der Waals surface area contributed by atoms with Gasteiger partial charge in [-0.1, -0.05) is 6.07 Å². The van der Waals surface area contributed by atoms with Crippen LogP contribution in [0.3, 0.4) is 0 Å². The van der Waals surface area contributed by atoms with Gasteiger partial charge in [-0.3, -0.25) is 9.78 Å². The summed E-state index contributed by atoms with van der Waals surface area (Å²) >= 11 is 0. The zero-order chi connectivity index (χ0) is 19.2. The van der Waals surface area contributed by atoms with Crippen LogP contribution >= 0.6 is 0 Å². The second kappa shape index (κ2) is 8.43. The predicted molar refractivity (Wildman–Crippen MR) is 104 cm³/mol. The van der Waals surface area contributed by atoms with E-state index in [-0.39, 0.29) is 20.5 Å². The molecule has 1 aliphatic rings. The summed E-state index contributed by atoms with van der Waals surface area (Å²) in [6.45, 7) is 6.14. The Kier molecular flexibility index (Phi) is 5.80. The van der Waals surface area contributed by atoms with Gasteiger partial charge in [0.2, 0.25) is 0 Å². The Morgan fingerprint density at radius 1 is 1.22 bits per heavy atom. The highest BCUT2D eigenvalue weighted by Gasteiger charge is 2.24. The summed E-state index contributed by atoms with van der Waals surface area (Å²) in [5.41, 5.74) is 0.795. The van der Waals surface area contributed by atoms with E-state index in [1.807, 2.05) is 4.90 Å². The first-order chi connectivity index (χ1) is 13.1. The molecule has 0 bridgehead atoms. The van der Waals surface area contributed by atoms with Crippen LogP contribution in [0.25, 0.3) is 0 Å². The smallest absolute Gasteiger partial charge is 0.409 e. The number of ether oxygens (including phenoxy) is 1. The molecule has 1 aliphatic heterocycles. The second-order valence-corrected chi connectivity index (χ2v) is 6.00. The highest BCUT2D eigenvalue weighted by molar-refractivity contribution is 6.03. The van der Waals surface area contributed by atoms with E-state index in [1.165, 1.54) is 0 Å². The number of amides is 2. The van der Waals surface area contributed by atoms with Crippen molar-refractivity contribution in [3.05, 3.63) is 42.0 Å². The number of carbonyl (C=O) groups excluding carboxylic acids is 2. The van der Waals surface area contributed by atoms with Crippen molar-refractivity contribution in [1.29, 1.82) is 0 Å². The van der Waals surface area contributed by atoms with E-state index in [0.29, 0.717) is 50.1 Å². The number of pyridine rings is 1. The Labute approximate surface area is 160 Å². The Hall–Kier alpha value is -3.23. The topological polar surface area (TPSA) is 101 Å². The van der Waals surface area contributed by atoms with Crippen molar-refractivity contribution in [1.82, 2.24) is 19.9 Å². The lowest BCUT2D eigenvalue weighted by molar-refractivity contribution is 0.102. The minimum Gasteiger partial charge on any atom is -0.450 e. The Bertz CT molecular complexity index is 816. The van der Waals surface area contributed by atoms with Gasteiger partial charge >= 0.3 is 6.09 Å². The van der Waals surface area contributed by atoms with Crippen molar-refractivity contribution in [2.75, 3.05) is 43.0 Å². The molecule has 2 aromatic heterocycles. The number of nitrogens with one attached hydrogen (secondary N) is 1. The Balaban J connectivity index is 0.00000210. The maximum absolute atomic E-state index is 12.5. The van der Waals surface area contributed by atoms with Crippen LogP contribution in [0, 0.1) is 6.92 Å². The SMILES string of the molecule is CCOC(=O)N1CCN(c2cnc(C)c(C(=O)Nc3ccccn3)n2)CC1.[HH].[HH]. The lowest BCUT2D eigenvalue weighted by Gasteiger charge is -2.34. The highest BCUT2D eigenvalue weighted by atomic mass is 16.6. The van der Waals surface area contributed by atoms with Crippen LogP contribution in [-0.4, -0.2) is 64.6 Å². The van der Waals surface area contributed by atoms with Crippen molar-refractivity contribution < 1.29 is 17.2 Å². The summed E-state index contributed by atoms with van der Waals surface area (Å²) in [4.78, 5) is 40.9. The van der Waals surface area contributed by atoms with Gasteiger partial charge in [-0.2, -0.15) is 0 Å². The van der Waals surface area contributed by atoms with Crippen LogP contribution in [0.15, 0.2) is 30.6 Å². The minimum atomic E-state index is -0.356. The van der Waals surface area contributed by atoms with E-state index in [2.05, 4.69) is 20.3 Å². The predicted octanol–water partition coefficient (Wildman–Crippen LogP) is 2.20. The summed E-state index contributed by atoms with van der Waals surface area (Å²) < 4.78 is 5.03. The number of rotatable bonds is 4. The maximum Gasteiger partial charge on any atom is 0.409 e. The molecule has 0 saturated carbocycles. The average Bonchev–Trinajstić information content (AvgIpc) is 2.69. The third kappa shape index (κ3) is 4.49. The maximum atomic E-state index is 12.5. The normalized spacial score (nSPS) is 14.0. The lowest BCUT2D eigenvalue weighted by atomic mass is 10.3. The van der Waals surface area contributed by atoms with Gasteiger partial charge in [0.1, 0.15) is 11.6 Å². The van der Waals surface area contributed by atoms with Gasteiger partial charge in [-0.25, -0.2) is 14.8 Å². The van der Waals surface area contributed by atoms with Crippen molar-refractivity contribution in [3.8, 4) is 0 Å². The van der Waals surface area contributed by atoms with Crippen LogP contribution in [0.1, 0.15) is 26.0 Å². The first kappa shape index (κ1) is 18.6. The van der Waals surface area contributed by atoms with Crippen LogP contribution in [-0.2, 0) is 4.74 Å². The molecule has 0 atom stereocenters. The van der Waals surface area contributed by atoms with Gasteiger partial charge in [0.15, 0.2) is 5.69 Å². The molecule has 2 aromatic rings. The number of anilines is 2. The molecule has 2 amide bonds. The van der Waals surface area contributed by atoms with Gasteiger partial charge in [0, 0.05) is 35.2 Å². The number of aromatic nitrogens is 3. The molecule has 1 fully saturated rings. The van der Waals surface area contributed by atoms with Gasteiger partial charge in [-0.05, 0) is 26.0 Å². The first-order valence-electron chi connectivity index (χ1n) is 8.81. The molecule has 3 rings (SSSR count). The molecule has 0 spiro atoms.